The third-order valence-electron chi connectivity index (χ3n) is 1.68. The second-order valence-corrected chi connectivity index (χ2v) is 2.81. The van der Waals surface area contributed by atoms with Crippen LogP contribution in [0.15, 0.2) is 30.3 Å². The first-order chi connectivity index (χ1) is 5.83. The Labute approximate surface area is 74.1 Å². The van der Waals surface area contributed by atoms with Crippen molar-refractivity contribution in [3.05, 3.63) is 41.5 Å². The maximum absolute atomic E-state index is 3.98. The molecule has 0 fully saturated rings. The van der Waals surface area contributed by atoms with Crippen LogP contribution in [0.1, 0.15) is 11.1 Å². The van der Waals surface area contributed by atoms with E-state index in [1.807, 2.05) is 7.05 Å². The highest BCUT2D eigenvalue weighted by Gasteiger charge is 1.84. The fraction of sp³-hybridized carbons (Fsp3) is 0.273. The molecule has 0 saturated heterocycles. The van der Waals surface area contributed by atoms with Crippen molar-refractivity contribution in [2.24, 2.45) is 0 Å². The summed E-state index contributed by atoms with van der Waals surface area (Å²) in [6.07, 6.45) is 4.15. The van der Waals surface area contributed by atoms with Crippen molar-refractivity contribution >= 4 is 6.08 Å². The molecule has 0 saturated carbocycles. The summed E-state index contributed by atoms with van der Waals surface area (Å²) in [6.45, 7) is 2.89. The van der Waals surface area contributed by atoms with Crippen molar-refractivity contribution in [1.82, 2.24) is 5.32 Å². The van der Waals surface area contributed by atoms with Crippen LogP contribution >= 0.6 is 0 Å². The van der Waals surface area contributed by atoms with Gasteiger partial charge in [-0.2, -0.15) is 0 Å². The minimum atomic E-state index is 0.799. The largest absolute Gasteiger partial charge is 0.241 e. The number of benzene rings is 1. The fourth-order valence-corrected chi connectivity index (χ4v) is 0.972. The second-order valence-electron chi connectivity index (χ2n) is 2.81. The molecule has 0 heterocycles. The zero-order valence-electron chi connectivity index (χ0n) is 7.62. The van der Waals surface area contributed by atoms with Crippen LogP contribution in [-0.2, 0) is 0 Å². The summed E-state index contributed by atoms with van der Waals surface area (Å²) in [7, 11) is 1.82. The Morgan fingerprint density at radius 3 is 2.50 bits per heavy atom. The highest BCUT2D eigenvalue weighted by Crippen LogP contribution is 2.04. The smallest absolute Gasteiger partial charge is 0.0314 e. The molecule has 1 heteroatoms. The molecule has 0 N–H and O–H groups in total. The molecule has 1 nitrogen and oxygen atoms in total. The van der Waals surface area contributed by atoms with E-state index in [4.69, 9.17) is 0 Å². The van der Waals surface area contributed by atoms with E-state index < -0.39 is 0 Å². The van der Waals surface area contributed by atoms with Crippen molar-refractivity contribution < 1.29 is 0 Å². The van der Waals surface area contributed by atoms with Crippen LogP contribution < -0.4 is 5.32 Å². The molecule has 12 heavy (non-hydrogen) atoms. The fourth-order valence-electron chi connectivity index (χ4n) is 0.972. The molecule has 0 aliphatic rings. The van der Waals surface area contributed by atoms with Crippen molar-refractivity contribution in [2.45, 2.75) is 6.92 Å². The van der Waals surface area contributed by atoms with Gasteiger partial charge in [0, 0.05) is 13.6 Å². The minimum Gasteiger partial charge on any atom is -0.241 e. The van der Waals surface area contributed by atoms with Crippen LogP contribution in [0.25, 0.3) is 6.08 Å². The minimum absolute atomic E-state index is 0.799. The van der Waals surface area contributed by atoms with Crippen LogP contribution in [0, 0.1) is 6.92 Å². The lowest BCUT2D eigenvalue weighted by Gasteiger charge is -1.93. The Kier molecular flexibility index (Phi) is 3.55. The summed E-state index contributed by atoms with van der Waals surface area (Å²) in [5.41, 5.74) is 2.54. The summed E-state index contributed by atoms with van der Waals surface area (Å²) in [5, 5.41) is 3.98. The maximum Gasteiger partial charge on any atom is 0.0314 e. The summed E-state index contributed by atoms with van der Waals surface area (Å²) < 4.78 is 0. The SMILES string of the molecule is C[N]CC=Cc1ccc(C)cc1. The lowest BCUT2D eigenvalue weighted by Crippen LogP contribution is -1.93. The van der Waals surface area contributed by atoms with Gasteiger partial charge in [0.25, 0.3) is 0 Å². The summed E-state index contributed by atoms with van der Waals surface area (Å²) >= 11 is 0. The highest BCUT2D eigenvalue weighted by molar-refractivity contribution is 5.49. The highest BCUT2D eigenvalue weighted by atomic mass is 14.8. The van der Waals surface area contributed by atoms with Crippen molar-refractivity contribution in [2.75, 3.05) is 13.6 Å². The zero-order valence-corrected chi connectivity index (χ0v) is 7.62. The van der Waals surface area contributed by atoms with Gasteiger partial charge >= 0.3 is 0 Å². The number of likely N-dealkylation sites (N-methyl/N-ethyl adjacent to an activating group) is 1. The Bertz CT molecular complexity index is 246. The Morgan fingerprint density at radius 1 is 1.25 bits per heavy atom. The molecule has 0 bridgehead atoms. The second kappa shape index (κ2) is 4.73. The molecule has 1 radical (unpaired) electrons. The third-order valence-corrected chi connectivity index (χ3v) is 1.68. The van der Waals surface area contributed by atoms with E-state index in [1.165, 1.54) is 11.1 Å². The van der Waals surface area contributed by atoms with Crippen LogP contribution in [0.5, 0.6) is 0 Å². The van der Waals surface area contributed by atoms with E-state index in [2.05, 4.69) is 48.7 Å². The predicted octanol–water partition coefficient (Wildman–Crippen LogP) is 2.24. The monoisotopic (exact) mass is 160 g/mol. The first-order valence-electron chi connectivity index (χ1n) is 4.12. The molecule has 0 spiro atoms. The Balaban J connectivity index is 2.58. The Hall–Kier alpha value is -1.08. The molecule has 1 aromatic carbocycles. The van der Waals surface area contributed by atoms with E-state index in [-0.39, 0.29) is 0 Å². The topological polar surface area (TPSA) is 14.1 Å². The van der Waals surface area contributed by atoms with E-state index in [0.29, 0.717) is 0 Å². The normalized spacial score (nSPS) is 10.8. The van der Waals surface area contributed by atoms with E-state index in [1.54, 1.807) is 0 Å². The van der Waals surface area contributed by atoms with Gasteiger partial charge in [-0.05, 0) is 12.5 Å². The average Bonchev–Trinajstić information content (AvgIpc) is 2.09. The average molecular weight is 160 g/mol. The summed E-state index contributed by atoms with van der Waals surface area (Å²) in [4.78, 5) is 0. The lowest BCUT2D eigenvalue weighted by atomic mass is 10.1. The number of hydrogen-bond donors (Lipinski definition) is 0. The van der Waals surface area contributed by atoms with Crippen LogP contribution in [0.3, 0.4) is 0 Å². The lowest BCUT2D eigenvalue weighted by molar-refractivity contribution is 0.901. The molecule has 0 aromatic heterocycles. The number of rotatable bonds is 3. The number of nitrogens with zero attached hydrogens (tertiary/aromatic N) is 1. The quantitative estimate of drug-likeness (QED) is 0.644. The maximum atomic E-state index is 3.98. The summed E-state index contributed by atoms with van der Waals surface area (Å²) in [5.74, 6) is 0. The van der Waals surface area contributed by atoms with E-state index in [9.17, 15) is 0 Å². The van der Waals surface area contributed by atoms with Gasteiger partial charge in [0.2, 0.25) is 0 Å². The molecule has 1 rings (SSSR count). The van der Waals surface area contributed by atoms with Crippen molar-refractivity contribution in [1.29, 1.82) is 0 Å². The van der Waals surface area contributed by atoms with Gasteiger partial charge in [-0.3, -0.25) is 0 Å². The van der Waals surface area contributed by atoms with E-state index in [0.717, 1.165) is 6.54 Å². The van der Waals surface area contributed by atoms with Gasteiger partial charge in [-0.25, -0.2) is 5.32 Å². The molecule has 0 aliphatic carbocycles. The number of hydrogen-bond acceptors (Lipinski definition) is 0. The van der Waals surface area contributed by atoms with Gasteiger partial charge < -0.3 is 0 Å². The van der Waals surface area contributed by atoms with Gasteiger partial charge in [0.05, 0.1) is 0 Å². The van der Waals surface area contributed by atoms with Crippen LogP contribution in [0.2, 0.25) is 0 Å². The van der Waals surface area contributed by atoms with Gasteiger partial charge in [0.15, 0.2) is 0 Å². The first-order valence-corrected chi connectivity index (χ1v) is 4.12. The van der Waals surface area contributed by atoms with Crippen molar-refractivity contribution in [3.8, 4) is 0 Å². The molecule has 1 aromatic rings. The van der Waals surface area contributed by atoms with Gasteiger partial charge in [-0.15, -0.1) is 0 Å². The molecular weight excluding hydrogens is 146 g/mol. The first kappa shape index (κ1) is 9.01. The van der Waals surface area contributed by atoms with E-state index >= 15 is 0 Å². The predicted molar refractivity (Wildman–Crippen MR) is 53.1 cm³/mol. The van der Waals surface area contributed by atoms with Crippen LogP contribution in [-0.4, -0.2) is 13.6 Å². The molecule has 63 valence electrons. The third kappa shape index (κ3) is 2.89. The molecule has 0 unspecified atom stereocenters. The molecule has 0 atom stereocenters. The van der Waals surface area contributed by atoms with Crippen LogP contribution in [0.4, 0.5) is 0 Å². The standard InChI is InChI=1S/C11H14N/c1-10-5-7-11(8-6-10)4-3-9-12-2/h3-8H,9H2,1-2H3. The molecular formula is C11H14N. The number of aryl methyl sites for hydroxylation is 1. The zero-order chi connectivity index (χ0) is 8.81. The van der Waals surface area contributed by atoms with Gasteiger partial charge in [0.1, 0.15) is 0 Å². The summed E-state index contributed by atoms with van der Waals surface area (Å²) in [6, 6.07) is 8.45. The Morgan fingerprint density at radius 2 is 1.92 bits per heavy atom. The van der Waals surface area contributed by atoms with Gasteiger partial charge in [-0.1, -0.05) is 42.0 Å². The molecule has 0 aliphatic heterocycles. The molecule has 0 amide bonds. The van der Waals surface area contributed by atoms with Crippen molar-refractivity contribution in [3.63, 3.8) is 0 Å².